The van der Waals surface area contributed by atoms with Gasteiger partial charge < -0.3 is 10.4 Å². The Morgan fingerprint density at radius 2 is 2.00 bits per heavy atom. The van der Waals surface area contributed by atoms with Crippen LogP contribution in [0.4, 0.5) is 5.82 Å². The van der Waals surface area contributed by atoms with Crippen LogP contribution in [-0.4, -0.2) is 33.2 Å². The second kappa shape index (κ2) is 5.54. The van der Waals surface area contributed by atoms with Gasteiger partial charge in [0.05, 0.1) is 10.2 Å². The maximum atomic E-state index is 8.91. The quantitative estimate of drug-likeness (QED) is 0.725. The van der Waals surface area contributed by atoms with Crippen molar-refractivity contribution in [2.75, 3.05) is 18.5 Å². The number of rotatable bonds is 4. The van der Waals surface area contributed by atoms with Crippen LogP contribution >= 0.6 is 11.3 Å². The molecule has 0 aliphatic heterocycles. The van der Waals surface area contributed by atoms with Crippen molar-refractivity contribution >= 4 is 37.6 Å². The van der Waals surface area contributed by atoms with E-state index in [1.807, 2.05) is 13.8 Å². The van der Waals surface area contributed by atoms with Gasteiger partial charge in [0.2, 0.25) is 0 Å². The van der Waals surface area contributed by atoms with Crippen LogP contribution in [0.1, 0.15) is 23.5 Å². The molecule has 3 heterocycles. The molecule has 3 aromatic rings. The summed E-state index contributed by atoms with van der Waals surface area (Å²) in [6.45, 7) is 6.87. The first kappa shape index (κ1) is 14.2. The van der Waals surface area contributed by atoms with E-state index in [1.165, 1.54) is 5.56 Å². The summed E-state index contributed by atoms with van der Waals surface area (Å²) in [7, 11) is 0. The maximum absolute atomic E-state index is 8.91. The number of thiophene rings is 1. The van der Waals surface area contributed by atoms with Crippen LogP contribution in [0.3, 0.4) is 0 Å². The molecule has 0 saturated heterocycles. The molecule has 2 N–H and O–H groups in total. The normalized spacial score (nSPS) is 11.4. The summed E-state index contributed by atoms with van der Waals surface area (Å²) >= 11 is 1.62. The molecule has 6 heteroatoms. The number of aryl methyl sites for hydroxylation is 3. The average Bonchev–Trinajstić information content (AvgIpc) is 2.77. The molecule has 0 aliphatic carbocycles. The summed E-state index contributed by atoms with van der Waals surface area (Å²) in [6.07, 6.45) is 0.700. The Kier molecular flexibility index (Phi) is 3.73. The lowest BCUT2D eigenvalue weighted by molar-refractivity contribution is 0.292. The van der Waals surface area contributed by atoms with E-state index in [2.05, 4.69) is 33.3 Å². The molecule has 0 saturated carbocycles. The van der Waals surface area contributed by atoms with Gasteiger partial charge in [0.25, 0.3) is 0 Å². The van der Waals surface area contributed by atoms with E-state index >= 15 is 0 Å². The van der Waals surface area contributed by atoms with Gasteiger partial charge in [-0.1, -0.05) is 0 Å². The first-order valence-corrected chi connectivity index (χ1v) is 7.81. The average molecular weight is 302 g/mol. The van der Waals surface area contributed by atoms with Crippen molar-refractivity contribution in [3.63, 3.8) is 0 Å². The zero-order valence-electron chi connectivity index (χ0n) is 12.4. The van der Waals surface area contributed by atoms with Crippen LogP contribution in [0.5, 0.6) is 0 Å². The minimum absolute atomic E-state index is 0.173. The van der Waals surface area contributed by atoms with E-state index in [9.17, 15) is 0 Å². The van der Waals surface area contributed by atoms with Crippen molar-refractivity contribution in [1.29, 1.82) is 0 Å². The van der Waals surface area contributed by atoms with Crippen LogP contribution in [0.2, 0.25) is 0 Å². The highest BCUT2D eigenvalue weighted by molar-refractivity contribution is 7.26. The Morgan fingerprint density at radius 3 is 2.76 bits per heavy atom. The van der Waals surface area contributed by atoms with Crippen molar-refractivity contribution in [3.05, 3.63) is 23.1 Å². The fourth-order valence-corrected chi connectivity index (χ4v) is 3.70. The standard InChI is InChI=1S/C15H18N4OS/c1-8-7-9(2)17-15-11(8)12-13(21-15)14(16-5-4-6-20)19-10(3)18-12/h7,20H,4-6H2,1-3H3,(H,16,18,19). The Morgan fingerprint density at radius 1 is 1.19 bits per heavy atom. The summed E-state index contributed by atoms with van der Waals surface area (Å²) in [5.41, 5.74) is 3.19. The van der Waals surface area contributed by atoms with Gasteiger partial charge in [0.15, 0.2) is 0 Å². The minimum Gasteiger partial charge on any atom is -0.396 e. The molecule has 0 unspecified atom stereocenters. The molecule has 110 valence electrons. The highest BCUT2D eigenvalue weighted by Crippen LogP contribution is 2.37. The monoisotopic (exact) mass is 302 g/mol. The molecule has 3 aromatic heterocycles. The molecule has 0 aliphatic rings. The largest absolute Gasteiger partial charge is 0.396 e. The van der Waals surface area contributed by atoms with Crippen molar-refractivity contribution < 1.29 is 5.11 Å². The summed E-state index contributed by atoms with van der Waals surface area (Å²) in [6, 6.07) is 2.09. The van der Waals surface area contributed by atoms with Crippen LogP contribution in [-0.2, 0) is 0 Å². The Bertz CT molecular complexity index is 812. The number of hydrogen-bond donors (Lipinski definition) is 2. The first-order chi connectivity index (χ1) is 10.1. The van der Waals surface area contributed by atoms with Crippen LogP contribution < -0.4 is 5.32 Å². The number of fused-ring (bicyclic) bond motifs is 3. The highest BCUT2D eigenvalue weighted by Gasteiger charge is 2.15. The van der Waals surface area contributed by atoms with Gasteiger partial charge in [-0.2, -0.15) is 0 Å². The molecular weight excluding hydrogens is 284 g/mol. The molecule has 0 amide bonds. The summed E-state index contributed by atoms with van der Waals surface area (Å²) in [5.74, 6) is 1.58. The third kappa shape index (κ3) is 2.56. The molecule has 5 nitrogen and oxygen atoms in total. The lowest BCUT2D eigenvalue weighted by Crippen LogP contribution is -2.06. The maximum Gasteiger partial charge on any atom is 0.147 e. The molecular formula is C15H18N4OS. The predicted octanol–water partition coefficient (Wildman–Crippen LogP) is 2.96. The Hall–Kier alpha value is -1.79. The van der Waals surface area contributed by atoms with Gasteiger partial charge in [0, 0.05) is 24.2 Å². The smallest absolute Gasteiger partial charge is 0.147 e. The van der Waals surface area contributed by atoms with E-state index in [1.54, 1.807) is 11.3 Å². The molecule has 0 radical (unpaired) electrons. The third-order valence-electron chi connectivity index (χ3n) is 3.35. The molecule has 0 atom stereocenters. The molecule has 3 rings (SSSR count). The molecule has 0 fully saturated rings. The number of nitrogens with one attached hydrogen (secondary N) is 1. The van der Waals surface area contributed by atoms with Crippen molar-refractivity contribution in [2.24, 2.45) is 0 Å². The number of aromatic nitrogens is 3. The highest BCUT2D eigenvalue weighted by atomic mass is 32.1. The number of aliphatic hydroxyl groups is 1. The molecule has 0 bridgehead atoms. The summed E-state index contributed by atoms with van der Waals surface area (Å²) in [5, 5.41) is 13.3. The van der Waals surface area contributed by atoms with E-state index in [0.29, 0.717) is 13.0 Å². The van der Waals surface area contributed by atoms with E-state index < -0.39 is 0 Å². The number of pyridine rings is 1. The molecule has 0 aromatic carbocycles. The Balaban J connectivity index is 2.23. The number of nitrogens with zero attached hydrogens (tertiary/aromatic N) is 3. The van der Waals surface area contributed by atoms with Gasteiger partial charge in [-0.05, 0) is 38.8 Å². The van der Waals surface area contributed by atoms with Crippen LogP contribution in [0, 0.1) is 20.8 Å². The summed E-state index contributed by atoms with van der Waals surface area (Å²) in [4.78, 5) is 14.7. The second-order valence-corrected chi connectivity index (χ2v) is 6.16. The lowest BCUT2D eigenvalue weighted by Gasteiger charge is -2.06. The van der Waals surface area contributed by atoms with Crippen molar-refractivity contribution in [2.45, 2.75) is 27.2 Å². The van der Waals surface area contributed by atoms with Gasteiger partial charge >= 0.3 is 0 Å². The number of anilines is 1. The van der Waals surface area contributed by atoms with Gasteiger partial charge in [-0.15, -0.1) is 11.3 Å². The molecule has 21 heavy (non-hydrogen) atoms. The predicted molar refractivity (Wildman–Crippen MR) is 87.1 cm³/mol. The fourth-order valence-electron chi connectivity index (χ4n) is 2.50. The van der Waals surface area contributed by atoms with E-state index in [4.69, 9.17) is 5.11 Å². The van der Waals surface area contributed by atoms with Gasteiger partial charge in [0.1, 0.15) is 16.5 Å². The van der Waals surface area contributed by atoms with Crippen LogP contribution in [0.15, 0.2) is 6.07 Å². The zero-order chi connectivity index (χ0) is 15.0. The van der Waals surface area contributed by atoms with Gasteiger partial charge in [-0.25, -0.2) is 15.0 Å². The van der Waals surface area contributed by atoms with Crippen molar-refractivity contribution in [3.8, 4) is 0 Å². The minimum atomic E-state index is 0.173. The van der Waals surface area contributed by atoms with E-state index in [0.717, 1.165) is 37.8 Å². The molecule has 0 spiro atoms. The zero-order valence-corrected chi connectivity index (χ0v) is 13.2. The SMILES string of the molecule is Cc1cc(C)c2c(n1)sc1c(NCCCO)nc(C)nc12. The first-order valence-electron chi connectivity index (χ1n) is 7.00. The number of aliphatic hydroxyl groups excluding tert-OH is 1. The summed E-state index contributed by atoms with van der Waals surface area (Å²) < 4.78 is 1.04. The van der Waals surface area contributed by atoms with Gasteiger partial charge in [-0.3, -0.25) is 0 Å². The fraction of sp³-hybridized carbons (Fsp3) is 0.400. The topological polar surface area (TPSA) is 70.9 Å². The van der Waals surface area contributed by atoms with E-state index in [-0.39, 0.29) is 6.61 Å². The second-order valence-electron chi connectivity index (χ2n) is 5.16. The van der Waals surface area contributed by atoms with Crippen LogP contribution in [0.25, 0.3) is 20.4 Å². The lowest BCUT2D eigenvalue weighted by atomic mass is 10.1. The van der Waals surface area contributed by atoms with Crippen molar-refractivity contribution in [1.82, 2.24) is 15.0 Å². The Labute approximate surface area is 127 Å². The third-order valence-corrected chi connectivity index (χ3v) is 4.43. The number of hydrogen-bond acceptors (Lipinski definition) is 6.